The van der Waals surface area contributed by atoms with E-state index in [1.54, 1.807) is 4.68 Å². The predicted octanol–water partition coefficient (Wildman–Crippen LogP) is 0.319. The lowest BCUT2D eigenvalue weighted by molar-refractivity contribution is -0.671. The molecular formula is C16H15Cl2N7O2. The molecule has 0 unspecified atom stereocenters. The van der Waals surface area contributed by atoms with Gasteiger partial charge in [0.05, 0.1) is 17.7 Å². The molecule has 0 saturated heterocycles. The Balaban J connectivity index is 0.00000261. The van der Waals surface area contributed by atoms with E-state index in [1.807, 2.05) is 36.1 Å². The zero-order chi connectivity index (χ0) is 18.7. The van der Waals surface area contributed by atoms with Crippen LogP contribution in [0.15, 0.2) is 59.2 Å². The lowest BCUT2D eigenvalue weighted by atomic mass is 10.3. The summed E-state index contributed by atoms with van der Waals surface area (Å²) in [4.78, 5) is 10.5. The van der Waals surface area contributed by atoms with Gasteiger partial charge >= 0.3 is 0 Å². The second-order valence-electron chi connectivity index (χ2n) is 5.54. The minimum Gasteiger partial charge on any atom is -1.00 e. The van der Waals surface area contributed by atoms with Crippen LogP contribution in [-0.2, 0) is 13.6 Å². The van der Waals surface area contributed by atoms with Gasteiger partial charge in [0.1, 0.15) is 18.6 Å². The third kappa shape index (κ3) is 4.78. The van der Waals surface area contributed by atoms with Crippen molar-refractivity contribution in [3.8, 4) is 0 Å². The number of pyridine rings is 1. The summed E-state index contributed by atoms with van der Waals surface area (Å²) in [5.41, 5.74) is 7.25. The fraction of sp³-hybridized carbons (Fsp3) is 0.125. The van der Waals surface area contributed by atoms with Crippen molar-refractivity contribution in [2.45, 2.75) is 6.54 Å². The van der Waals surface area contributed by atoms with Gasteiger partial charge in [-0.3, -0.25) is 10.1 Å². The number of benzene rings is 1. The molecule has 0 saturated carbocycles. The van der Waals surface area contributed by atoms with Crippen LogP contribution in [0, 0.1) is 10.1 Å². The Labute approximate surface area is 165 Å². The van der Waals surface area contributed by atoms with E-state index in [2.05, 4.69) is 15.3 Å². The van der Waals surface area contributed by atoms with Gasteiger partial charge in [-0.25, -0.2) is 9.25 Å². The zero-order valence-corrected chi connectivity index (χ0v) is 15.7. The molecule has 0 bridgehead atoms. The topological polar surface area (TPSA) is 116 Å². The van der Waals surface area contributed by atoms with Crippen molar-refractivity contribution in [1.29, 1.82) is 0 Å². The molecule has 0 aliphatic heterocycles. The lowest BCUT2D eigenvalue weighted by Gasteiger charge is -2.03. The molecule has 9 nitrogen and oxygen atoms in total. The number of aryl methyl sites for hydroxylation is 1. The summed E-state index contributed by atoms with van der Waals surface area (Å²) >= 11 is 5.87. The third-order valence-corrected chi connectivity index (χ3v) is 3.83. The van der Waals surface area contributed by atoms with Gasteiger partial charge in [-0.2, -0.15) is 5.10 Å². The first-order valence-corrected chi connectivity index (χ1v) is 7.93. The van der Waals surface area contributed by atoms with E-state index in [9.17, 15) is 10.1 Å². The van der Waals surface area contributed by atoms with Crippen LogP contribution >= 0.6 is 11.6 Å². The number of nitrogens with zero attached hydrogens (tertiary/aromatic N) is 6. The van der Waals surface area contributed by atoms with Crippen molar-refractivity contribution in [2.75, 3.05) is 5.73 Å². The molecule has 11 heteroatoms. The van der Waals surface area contributed by atoms with Crippen molar-refractivity contribution < 1.29 is 21.9 Å². The minimum atomic E-state index is -0.549. The molecule has 1 aromatic carbocycles. The first kappa shape index (κ1) is 20.3. The highest BCUT2D eigenvalue weighted by atomic mass is 35.5. The summed E-state index contributed by atoms with van der Waals surface area (Å²) in [7, 11) is 1.92. The Bertz CT molecular complexity index is 1000. The van der Waals surface area contributed by atoms with Crippen molar-refractivity contribution in [3.63, 3.8) is 0 Å². The summed E-state index contributed by atoms with van der Waals surface area (Å²) in [5.74, 6) is 0.310. The number of nitro benzene ring substituents is 1. The smallest absolute Gasteiger partial charge is 0.296 e. The van der Waals surface area contributed by atoms with Gasteiger partial charge in [0.15, 0.2) is 18.1 Å². The number of hydrogen-bond donors (Lipinski definition) is 1. The fourth-order valence-corrected chi connectivity index (χ4v) is 2.51. The third-order valence-electron chi connectivity index (χ3n) is 3.59. The molecule has 140 valence electrons. The van der Waals surface area contributed by atoms with Crippen LogP contribution in [-0.4, -0.2) is 14.7 Å². The Morgan fingerprint density at radius 3 is 2.78 bits per heavy atom. The molecule has 0 atom stereocenters. The number of rotatable bonds is 5. The van der Waals surface area contributed by atoms with Crippen molar-refractivity contribution in [1.82, 2.24) is 9.78 Å². The summed E-state index contributed by atoms with van der Waals surface area (Å²) in [5, 5.41) is 23.5. The maximum Gasteiger partial charge on any atom is 0.296 e. The normalized spacial score (nSPS) is 10.7. The second-order valence-corrected chi connectivity index (χ2v) is 5.98. The molecule has 0 spiro atoms. The molecule has 0 aliphatic carbocycles. The average Bonchev–Trinajstić information content (AvgIpc) is 2.93. The van der Waals surface area contributed by atoms with Gasteiger partial charge < -0.3 is 18.1 Å². The van der Waals surface area contributed by atoms with E-state index in [-0.39, 0.29) is 23.8 Å². The number of nitro groups is 1. The fourth-order valence-electron chi connectivity index (χ4n) is 2.34. The quantitative estimate of drug-likeness (QED) is 0.283. The summed E-state index contributed by atoms with van der Waals surface area (Å²) in [6, 6.07) is 7.95. The van der Waals surface area contributed by atoms with Crippen molar-refractivity contribution in [2.24, 2.45) is 17.3 Å². The van der Waals surface area contributed by atoms with E-state index >= 15 is 0 Å². The van der Waals surface area contributed by atoms with E-state index < -0.39 is 4.92 Å². The van der Waals surface area contributed by atoms with Gasteiger partial charge in [0, 0.05) is 22.7 Å². The van der Waals surface area contributed by atoms with Gasteiger partial charge in [0.2, 0.25) is 0 Å². The number of hydrogen-bond acceptors (Lipinski definition) is 6. The second kappa shape index (κ2) is 8.56. The number of azo groups is 1. The molecule has 27 heavy (non-hydrogen) atoms. The number of nitrogens with two attached hydrogens (primary N) is 1. The first-order chi connectivity index (χ1) is 12.4. The molecule has 0 amide bonds. The summed E-state index contributed by atoms with van der Waals surface area (Å²) in [6.45, 7) is 0.466. The van der Waals surface area contributed by atoms with Gasteiger partial charge in [-0.05, 0) is 18.2 Å². The van der Waals surface area contributed by atoms with E-state index in [4.69, 9.17) is 17.3 Å². The van der Waals surface area contributed by atoms with Gasteiger partial charge in [-0.1, -0.05) is 11.6 Å². The SMILES string of the molecule is C[n+]1cccc(Cn2ncc(N=Nc3cc(Cl)ccc3[N+](=O)[O-])c2N)c1.[Cl-]. The first-order valence-electron chi connectivity index (χ1n) is 7.55. The number of halogens is 2. The Morgan fingerprint density at radius 2 is 2.07 bits per heavy atom. The molecule has 3 aromatic rings. The molecule has 0 aliphatic rings. The number of aromatic nitrogens is 3. The summed E-state index contributed by atoms with van der Waals surface area (Å²) in [6.07, 6.45) is 5.34. The highest BCUT2D eigenvalue weighted by Crippen LogP contribution is 2.32. The van der Waals surface area contributed by atoms with Gasteiger partial charge in [-0.15, -0.1) is 10.2 Å². The highest BCUT2D eigenvalue weighted by Gasteiger charge is 2.14. The van der Waals surface area contributed by atoms with E-state index in [0.717, 1.165) is 5.56 Å². The average molecular weight is 408 g/mol. The maximum atomic E-state index is 11.1. The molecule has 2 N–H and O–H groups in total. The Hall–Kier alpha value is -3.04. The zero-order valence-electron chi connectivity index (χ0n) is 14.2. The van der Waals surface area contributed by atoms with Crippen LogP contribution in [0.3, 0.4) is 0 Å². The van der Waals surface area contributed by atoms with Crippen molar-refractivity contribution in [3.05, 3.63) is 69.6 Å². The number of anilines is 1. The van der Waals surface area contributed by atoms with Crippen LogP contribution in [0.2, 0.25) is 5.02 Å². The maximum absolute atomic E-state index is 11.1. The predicted molar refractivity (Wildman–Crippen MR) is 95.6 cm³/mol. The monoisotopic (exact) mass is 407 g/mol. The van der Waals surface area contributed by atoms with Crippen LogP contribution in [0.4, 0.5) is 22.9 Å². The van der Waals surface area contributed by atoms with Crippen LogP contribution in [0.5, 0.6) is 0 Å². The van der Waals surface area contributed by atoms with Crippen LogP contribution < -0.4 is 22.7 Å². The highest BCUT2D eigenvalue weighted by molar-refractivity contribution is 6.30. The molecule has 2 heterocycles. The number of nitrogen functional groups attached to an aromatic ring is 1. The summed E-state index contributed by atoms with van der Waals surface area (Å²) < 4.78 is 3.50. The molecule has 0 fully saturated rings. The molecular weight excluding hydrogens is 393 g/mol. The molecule has 2 aromatic heterocycles. The molecule has 0 radical (unpaired) electrons. The van der Waals surface area contributed by atoms with Gasteiger partial charge in [0.25, 0.3) is 5.69 Å². The van der Waals surface area contributed by atoms with Crippen LogP contribution in [0.1, 0.15) is 5.56 Å². The minimum absolute atomic E-state index is 0. The van der Waals surface area contributed by atoms with E-state index in [1.165, 1.54) is 24.4 Å². The standard InChI is InChI=1S/C16H15ClN7O2.ClH/c1-22-6-2-3-11(9-22)10-23-16(18)14(8-19-23)21-20-13-7-12(17)4-5-15(13)24(25)26;/h2-9H,10,18H2,1H3;1H/q+1;/p-1. The van der Waals surface area contributed by atoms with E-state index in [0.29, 0.717) is 23.1 Å². The Kier molecular flexibility index (Phi) is 6.43. The molecule has 3 rings (SSSR count). The lowest BCUT2D eigenvalue weighted by Crippen LogP contribution is -3.00. The van der Waals surface area contributed by atoms with Crippen molar-refractivity contribution >= 4 is 34.5 Å². The van der Waals surface area contributed by atoms with Crippen LogP contribution in [0.25, 0.3) is 0 Å². The largest absolute Gasteiger partial charge is 1.00 e. The Morgan fingerprint density at radius 1 is 1.33 bits per heavy atom.